The largest absolute Gasteiger partial charge is 0.375 e. The monoisotopic (exact) mass is 356 g/mol. The van der Waals surface area contributed by atoms with E-state index in [1.807, 2.05) is 59.9 Å². The topological polar surface area (TPSA) is 36.8 Å². The Kier molecular flexibility index (Phi) is 5.49. The molecule has 2 nitrogen and oxygen atoms in total. The molecule has 0 radical (unpaired) electrons. The first-order valence-corrected chi connectivity index (χ1v) is 8.56. The van der Waals surface area contributed by atoms with Gasteiger partial charge in [-0.25, -0.2) is 4.39 Å². The fourth-order valence-corrected chi connectivity index (χ4v) is 3.17. The van der Waals surface area contributed by atoms with Gasteiger partial charge in [-0.3, -0.25) is 0 Å². The third kappa shape index (κ3) is 4.26. The molecule has 3 aromatic carbocycles. The van der Waals surface area contributed by atoms with E-state index in [1.54, 1.807) is 12.1 Å². The van der Waals surface area contributed by atoms with Gasteiger partial charge in [-0.05, 0) is 35.4 Å². The summed E-state index contributed by atoms with van der Waals surface area (Å²) in [6.45, 7) is 1.10. The van der Waals surface area contributed by atoms with Crippen LogP contribution >= 0.6 is 11.6 Å². The molecule has 0 aliphatic carbocycles. The standard InChI is InChI=1S/C21H19ClFNO/c22-19-8-4-5-16(13-19)14-24-15-21(25,17-6-2-1-3-7-17)18-9-11-20(23)12-10-18/h1-13,24-25H,14-15H2/p+1. The Morgan fingerprint density at radius 1 is 0.880 bits per heavy atom. The number of aliphatic hydroxyl groups is 1. The minimum absolute atomic E-state index is 0.318. The smallest absolute Gasteiger partial charge is 0.163 e. The maximum Gasteiger partial charge on any atom is 0.163 e. The van der Waals surface area contributed by atoms with E-state index in [4.69, 9.17) is 11.6 Å². The predicted molar refractivity (Wildman–Crippen MR) is 97.8 cm³/mol. The molecule has 128 valence electrons. The average Bonchev–Trinajstić information content (AvgIpc) is 2.63. The van der Waals surface area contributed by atoms with Gasteiger partial charge < -0.3 is 10.4 Å². The first kappa shape index (κ1) is 17.6. The maximum atomic E-state index is 13.3. The highest BCUT2D eigenvalue weighted by Crippen LogP contribution is 2.28. The number of benzene rings is 3. The van der Waals surface area contributed by atoms with Crippen molar-refractivity contribution in [1.82, 2.24) is 0 Å². The van der Waals surface area contributed by atoms with Crippen molar-refractivity contribution in [3.63, 3.8) is 0 Å². The van der Waals surface area contributed by atoms with E-state index in [-0.39, 0.29) is 5.82 Å². The fourth-order valence-electron chi connectivity index (χ4n) is 2.95. The molecule has 0 saturated carbocycles. The molecule has 0 heterocycles. The average molecular weight is 357 g/mol. The first-order chi connectivity index (χ1) is 12.1. The number of halogens is 2. The van der Waals surface area contributed by atoms with Crippen LogP contribution in [0.1, 0.15) is 16.7 Å². The number of hydrogen-bond donors (Lipinski definition) is 2. The van der Waals surface area contributed by atoms with Gasteiger partial charge in [0.15, 0.2) is 5.60 Å². The summed E-state index contributed by atoms with van der Waals surface area (Å²) in [4.78, 5) is 0. The number of nitrogens with two attached hydrogens (primary N) is 1. The highest BCUT2D eigenvalue weighted by Gasteiger charge is 2.33. The third-order valence-electron chi connectivity index (χ3n) is 4.28. The molecule has 0 aromatic heterocycles. The van der Waals surface area contributed by atoms with Crippen molar-refractivity contribution in [3.05, 3.63) is 106 Å². The van der Waals surface area contributed by atoms with E-state index in [0.29, 0.717) is 23.7 Å². The van der Waals surface area contributed by atoms with Gasteiger partial charge in [0, 0.05) is 10.6 Å². The van der Waals surface area contributed by atoms with Crippen molar-refractivity contribution in [2.75, 3.05) is 6.54 Å². The zero-order valence-corrected chi connectivity index (χ0v) is 14.5. The summed E-state index contributed by atoms with van der Waals surface area (Å²) in [6.07, 6.45) is 0. The predicted octanol–water partition coefficient (Wildman–Crippen LogP) is 3.48. The van der Waals surface area contributed by atoms with Crippen LogP contribution in [0, 0.1) is 5.82 Å². The van der Waals surface area contributed by atoms with E-state index in [1.165, 1.54) is 12.1 Å². The molecule has 4 heteroatoms. The van der Waals surface area contributed by atoms with E-state index < -0.39 is 5.60 Å². The van der Waals surface area contributed by atoms with Crippen molar-refractivity contribution in [2.45, 2.75) is 12.1 Å². The molecular formula is C21H20ClFNO+. The van der Waals surface area contributed by atoms with Crippen molar-refractivity contribution < 1.29 is 14.8 Å². The van der Waals surface area contributed by atoms with Gasteiger partial charge in [0.2, 0.25) is 0 Å². The Labute approximate surface area is 151 Å². The summed E-state index contributed by atoms with van der Waals surface area (Å²) in [5, 5.41) is 14.1. The van der Waals surface area contributed by atoms with Crippen LogP contribution < -0.4 is 5.32 Å². The summed E-state index contributed by atoms with van der Waals surface area (Å²) in [7, 11) is 0. The van der Waals surface area contributed by atoms with Crippen LogP contribution in [0.25, 0.3) is 0 Å². The minimum atomic E-state index is -1.20. The number of hydrogen-bond acceptors (Lipinski definition) is 1. The van der Waals surface area contributed by atoms with Crippen LogP contribution in [-0.2, 0) is 12.1 Å². The number of rotatable bonds is 6. The minimum Gasteiger partial charge on any atom is -0.375 e. The Morgan fingerprint density at radius 3 is 2.24 bits per heavy atom. The van der Waals surface area contributed by atoms with Gasteiger partial charge in [0.1, 0.15) is 18.9 Å². The van der Waals surface area contributed by atoms with E-state index >= 15 is 0 Å². The lowest BCUT2D eigenvalue weighted by Crippen LogP contribution is -2.86. The van der Waals surface area contributed by atoms with Crippen molar-refractivity contribution in [3.8, 4) is 0 Å². The molecular weight excluding hydrogens is 337 g/mol. The zero-order chi connectivity index (χ0) is 17.7. The maximum absolute atomic E-state index is 13.3. The normalized spacial score (nSPS) is 13.4. The highest BCUT2D eigenvalue weighted by molar-refractivity contribution is 6.30. The van der Waals surface area contributed by atoms with Gasteiger partial charge in [-0.1, -0.05) is 66.2 Å². The molecule has 1 atom stereocenters. The Morgan fingerprint density at radius 2 is 1.56 bits per heavy atom. The molecule has 0 aliphatic heterocycles. The van der Waals surface area contributed by atoms with Crippen LogP contribution in [0.5, 0.6) is 0 Å². The van der Waals surface area contributed by atoms with Crippen LogP contribution in [0.2, 0.25) is 5.02 Å². The van der Waals surface area contributed by atoms with Crippen LogP contribution in [0.4, 0.5) is 4.39 Å². The molecule has 3 rings (SSSR count). The lowest BCUT2D eigenvalue weighted by Gasteiger charge is -2.27. The van der Waals surface area contributed by atoms with Crippen LogP contribution in [-0.4, -0.2) is 11.7 Å². The quantitative estimate of drug-likeness (QED) is 0.697. The second kappa shape index (κ2) is 7.79. The highest BCUT2D eigenvalue weighted by atomic mass is 35.5. The molecule has 0 spiro atoms. The summed E-state index contributed by atoms with van der Waals surface area (Å²) >= 11 is 6.02. The third-order valence-corrected chi connectivity index (χ3v) is 4.52. The van der Waals surface area contributed by atoms with Crippen molar-refractivity contribution in [1.29, 1.82) is 0 Å². The molecule has 0 aliphatic rings. The first-order valence-electron chi connectivity index (χ1n) is 8.18. The lowest BCUT2D eigenvalue weighted by atomic mass is 9.86. The van der Waals surface area contributed by atoms with E-state index in [9.17, 15) is 9.50 Å². The van der Waals surface area contributed by atoms with Gasteiger partial charge in [0.05, 0.1) is 0 Å². The Hall–Kier alpha value is -2.20. The lowest BCUT2D eigenvalue weighted by molar-refractivity contribution is -0.682. The molecule has 3 N–H and O–H groups in total. The second-order valence-electron chi connectivity index (χ2n) is 6.06. The van der Waals surface area contributed by atoms with Gasteiger partial charge in [-0.2, -0.15) is 0 Å². The molecule has 0 amide bonds. The Balaban J connectivity index is 1.83. The molecule has 0 saturated heterocycles. The number of quaternary nitrogens is 1. The van der Waals surface area contributed by atoms with Gasteiger partial charge in [-0.15, -0.1) is 0 Å². The van der Waals surface area contributed by atoms with Crippen LogP contribution in [0.15, 0.2) is 78.9 Å². The van der Waals surface area contributed by atoms with Crippen molar-refractivity contribution in [2.24, 2.45) is 0 Å². The SMILES string of the molecule is OC(C[NH2+]Cc1cccc(Cl)c1)(c1ccccc1)c1ccc(F)cc1. The molecule has 1 unspecified atom stereocenters. The zero-order valence-electron chi connectivity index (χ0n) is 13.7. The van der Waals surface area contributed by atoms with Crippen LogP contribution in [0.3, 0.4) is 0 Å². The van der Waals surface area contributed by atoms with Gasteiger partial charge in [0.25, 0.3) is 0 Å². The fraction of sp³-hybridized carbons (Fsp3) is 0.143. The van der Waals surface area contributed by atoms with E-state index in [0.717, 1.165) is 11.1 Å². The summed E-state index contributed by atoms with van der Waals surface area (Å²) < 4.78 is 13.3. The van der Waals surface area contributed by atoms with Crippen molar-refractivity contribution >= 4 is 11.6 Å². The summed E-state index contributed by atoms with van der Waals surface area (Å²) in [5.74, 6) is -0.318. The summed E-state index contributed by atoms with van der Waals surface area (Å²) in [6, 6.07) is 23.1. The molecule has 0 fully saturated rings. The van der Waals surface area contributed by atoms with Gasteiger partial charge >= 0.3 is 0 Å². The van der Waals surface area contributed by atoms with E-state index in [2.05, 4.69) is 0 Å². The second-order valence-corrected chi connectivity index (χ2v) is 6.50. The molecule has 3 aromatic rings. The molecule has 25 heavy (non-hydrogen) atoms. The summed E-state index contributed by atoms with van der Waals surface area (Å²) in [5.41, 5.74) is 1.33. The Bertz CT molecular complexity index is 823. The molecule has 0 bridgehead atoms.